The van der Waals surface area contributed by atoms with E-state index < -0.39 is 0 Å². The highest BCUT2D eigenvalue weighted by molar-refractivity contribution is 5.67. The monoisotopic (exact) mass is 225 g/mol. The molecule has 0 amide bonds. The third kappa shape index (κ3) is 2.16. The van der Waals surface area contributed by atoms with Crippen LogP contribution in [0.15, 0.2) is 36.7 Å². The summed E-state index contributed by atoms with van der Waals surface area (Å²) in [6.07, 6.45) is 3.14. The minimum Gasteiger partial charge on any atom is -0.381 e. The summed E-state index contributed by atoms with van der Waals surface area (Å²) in [6, 6.07) is 9.25. The van der Waals surface area contributed by atoms with Gasteiger partial charge in [-0.15, -0.1) is 0 Å². The van der Waals surface area contributed by atoms with Crippen LogP contribution in [0.25, 0.3) is 0 Å². The Morgan fingerprint density at radius 3 is 2.41 bits per heavy atom. The first-order valence-corrected chi connectivity index (χ1v) is 5.03. The second-order valence-corrected chi connectivity index (χ2v) is 3.48. The average Bonchev–Trinajstić information content (AvgIpc) is 2.39. The number of hydrogen-bond acceptors (Lipinski definition) is 5. The smallest absolute Gasteiger partial charge is 0.175 e. The molecule has 0 saturated heterocycles. The maximum Gasteiger partial charge on any atom is 0.175 e. The highest BCUT2D eigenvalue weighted by atomic mass is 15.2. The van der Waals surface area contributed by atoms with Gasteiger partial charge in [-0.3, -0.25) is 0 Å². The van der Waals surface area contributed by atoms with Crippen molar-refractivity contribution in [2.75, 3.05) is 17.7 Å². The van der Waals surface area contributed by atoms with Gasteiger partial charge in [0.1, 0.15) is 0 Å². The van der Waals surface area contributed by atoms with E-state index in [1.54, 1.807) is 24.5 Å². The van der Waals surface area contributed by atoms with Crippen molar-refractivity contribution in [3.8, 4) is 6.07 Å². The van der Waals surface area contributed by atoms with Gasteiger partial charge in [-0.05, 0) is 24.3 Å². The van der Waals surface area contributed by atoms with Gasteiger partial charge in [-0.2, -0.15) is 5.26 Å². The first-order chi connectivity index (χ1) is 8.22. The summed E-state index contributed by atoms with van der Waals surface area (Å²) in [7, 11) is 1.85. The van der Waals surface area contributed by atoms with E-state index in [1.165, 1.54) is 0 Å². The molecule has 0 radical (unpaired) electrons. The molecule has 0 unspecified atom stereocenters. The van der Waals surface area contributed by atoms with Crippen molar-refractivity contribution in [3.05, 3.63) is 42.2 Å². The number of nitrogens with two attached hydrogens (primary N) is 1. The summed E-state index contributed by atoms with van der Waals surface area (Å²) in [5, 5.41) is 8.72. The molecule has 17 heavy (non-hydrogen) atoms. The Kier molecular flexibility index (Phi) is 2.88. The third-order valence-corrected chi connectivity index (χ3v) is 2.41. The normalized spacial score (nSPS) is 9.65. The lowest BCUT2D eigenvalue weighted by atomic mass is 10.2. The molecular weight excluding hydrogens is 214 g/mol. The number of benzene rings is 1. The van der Waals surface area contributed by atoms with Gasteiger partial charge in [0, 0.05) is 25.1 Å². The van der Waals surface area contributed by atoms with Crippen LogP contribution in [0.3, 0.4) is 0 Å². The molecule has 0 aliphatic rings. The summed E-state index contributed by atoms with van der Waals surface area (Å²) in [5.41, 5.74) is 7.27. The van der Waals surface area contributed by atoms with E-state index in [9.17, 15) is 0 Å². The Morgan fingerprint density at radius 2 is 1.82 bits per heavy atom. The summed E-state index contributed by atoms with van der Waals surface area (Å²) >= 11 is 0. The largest absolute Gasteiger partial charge is 0.381 e. The van der Waals surface area contributed by atoms with Gasteiger partial charge in [0.05, 0.1) is 11.6 Å². The predicted octanol–water partition coefficient (Wildman–Crippen LogP) is 1.70. The molecule has 0 saturated carbocycles. The lowest BCUT2D eigenvalue weighted by Crippen LogP contribution is -2.13. The number of anilines is 3. The highest BCUT2D eigenvalue weighted by Gasteiger charge is 2.09. The number of nitriles is 1. The molecule has 0 fully saturated rings. The van der Waals surface area contributed by atoms with E-state index in [-0.39, 0.29) is 0 Å². The van der Waals surface area contributed by atoms with Gasteiger partial charge in [-0.1, -0.05) is 0 Å². The van der Waals surface area contributed by atoms with Crippen LogP contribution >= 0.6 is 0 Å². The summed E-state index contributed by atoms with van der Waals surface area (Å²) < 4.78 is 0. The van der Waals surface area contributed by atoms with Crippen LogP contribution in [-0.4, -0.2) is 17.0 Å². The number of nitrogens with zero attached hydrogens (tertiary/aromatic N) is 4. The van der Waals surface area contributed by atoms with Crippen molar-refractivity contribution in [2.24, 2.45) is 0 Å². The fourth-order valence-electron chi connectivity index (χ4n) is 1.48. The molecule has 2 rings (SSSR count). The van der Waals surface area contributed by atoms with Gasteiger partial charge in [-0.25, -0.2) is 9.97 Å². The number of aromatic nitrogens is 2. The molecule has 0 aliphatic heterocycles. The quantitative estimate of drug-likeness (QED) is 0.841. The predicted molar refractivity (Wildman–Crippen MR) is 65.7 cm³/mol. The van der Waals surface area contributed by atoms with Gasteiger partial charge < -0.3 is 10.6 Å². The second-order valence-electron chi connectivity index (χ2n) is 3.48. The van der Waals surface area contributed by atoms with Crippen LogP contribution in [0.2, 0.25) is 0 Å². The van der Waals surface area contributed by atoms with Crippen molar-refractivity contribution < 1.29 is 0 Å². The Balaban J connectivity index is 2.34. The maximum absolute atomic E-state index is 8.72. The molecule has 0 aliphatic carbocycles. The summed E-state index contributed by atoms with van der Waals surface area (Å²) in [4.78, 5) is 9.97. The van der Waals surface area contributed by atoms with Gasteiger partial charge >= 0.3 is 0 Å². The number of rotatable bonds is 2. The van der Waals surface area contributed by atoms with Crippen molar-refractivity contribution in [1.82, 2.24) is 9.97 Å². The Morgan fingerprint density at radius 1 is 1.18 bits per heavy atom. The fourth-order valence-corrected chi connectivity index (χ4v) is 1.48. The Hall–Kier alpha value is -2.61. The molecular formula is C12H11N5. The van der Waals surface area contributed by atoms with Crippen molar-refractivity contribution in [2.45, 2.75) is 0 Å². The Labute approximate surface area is 99.1 Å². The molecule has 5 nitrogen and oxygen atoms in total. The van der Waals surface area contributed by atoms with E-state index in [1.807, 2.05) is 24.1 Å². The molecule has 0 spiro atoms. The van der Waals surface area contributed by atoms with Gasteiger partial charge in [0.2, 0.25) is 0 Å². The zero-order valence-electron chi connectivity index (χ0n) is 9.33. The summed E-state index contributed by atoms with van der Waals surface area (Å²) in [6.45, 7) is 0. The molecule has 2 N–H and O–H groups in total. The third-order valence-electron chi connectivity index (χ3n) is 2.41. The SMILES string of the molecule is CN(c1ccc(C#N)cc1)c1nccnc1N. The molecule has 0 bridgehead atoms. The van der Waals surface area contributed by atoms with Crippen molar-refractivity contribution in [3.63, 3.8) is 0 Å². The molecule has 1 heterocycles. The standard InChI is InChI=1S/C12H11N5/c1-17(12-11(14)15-6-7-16-12)10-4-2-9(8-13)3-5-10/h2-7H,1H3,(H2,14,15). The molecule has 84 valence electrons. The molecule has 0 atom stereocenters. The number of nitrogen functional groups attached to an aromatic ring is 1. The molecule has 5 heteroatoms. The molecule has 2 aromatic rings. The van der Waals surface area contributed by atoms with E-state index in [2.05, 4.69) is 16.0 Å². The minimum absolute atomic E-state index is 0.374. The van der Waals surface area contributed by atoms with Crippen LogP contribution in [0, 0.1) is 11.3 Å². The van der Waals surface area contributed by atoms with E-state index in [0.717, 1.165) is 5.69 Å². The fraction of sp³-hybridized carbons (Fsp3) is 0.0833. The van der Waals surface area contributed by atoms with Crippen LogP contribution in [0.1, 0.15) is 5.56 Å². The van der Waals surface area contributed by atoms with Gasteiger partial charge in [0.15, 0.2) is 11.6 Å². The van der Waals surface area contributed by atoms with E-state index in [4.69, 9.17) is 11.0 Å². The lowest BCUT2D eigenvalue weighted by Gasteiger charge is -2.18. The Bertz CT molecular complexity index is 556. The maximum atomic E-state index is 8.72. The van der Waals surface area contributed by atoms with Crippen molar-refractivity contribution >= 4 is 17.3 Å². The lowest BCUT2D eigenvalue weighted by molar-refractivity contribution is 1.09. The van der Waals surface area contributed by atoms with Crippen LogP contribution in [0.5, 0.6) is 0 Å². The van der Waals surface area contributed by atoms with Crippen LogP contribution < -0.4 is 10.6 Å². The summed E-state index contributed by atoms with van der Waals surface area (Å²) in [5.74, 6) is 0.969. The topological polar surface area (TPSA) is 78.8 Å². The minimum atomic E-state index is 0.374. The zero-order valence-corrected chi connectivity index (χ0v) is 9.33. The molecule has 1 aromatic heterocycles. The van der Waals surface area contributed by atoms with Crippen LogP contribution in [0.4, 0.5) is 17.3 Å². The second kappa shape index (κ2) is 4.49. The highest BCUT2D eigenvalue weighted by Crippen LogP contribution is 2.24. The molecule has 1 aromatic carbocycles. The van der Waals surface area contributed by atoms with Crippen molar-refractivity contribution in [1.29, 1.82) is 5.26 Å². The van der Waals surface area contributed by atoms with E-state index in [0.29, 0.717) is 17.2 Å². The van der Waals surface area contributed by atoms with Crippen LogP contribution in [-0.2, 0) is 0 Å². The average molecular weight is 225 g/mol. The number of hydrogen-bond donors (Lipinski definition) is 1. The first kappa shape index (κ1) is 10.9. The zero-order chi connectivity index (χ0) is 12.3. The van der Waals surface area contributed by atoms with Gasteiger partial charge in [0.25, 0.3) is 0 Å². The van der Waals surface area contributed by atoms with E-state index >= 15 is 0 Å². The first-order valence-electron chi connectivity index (χ1n) is 5.03.